The predicted octanol–water partition coefficient (Wildman–Crippen LogP) is 3.06. The van der Waals surface area contributed by atoms with Gasteiger partial charge in [0.25, 0.3) is 0 Å². The Morgan fingerprint density at radius 1 is 1.24 bits per heavy atom. The van der Waals surface area contributed by atoms with Gasteiger partial charge in [-0.15, -0.1) is 0 Å². The van der Waals surface area contributed by atoms with Crippen molar-refractivity contribution in [3.05, 3.63) is 53.8 Å². The molecule has 1 aliphatic heterocycles. The predicted molar refractivity (Wildman–Crippen MR) is 76.0 cm³/mol. The van der Waals surface area contributed by atoms with Crippen LogP contribution in [0, 0.1) is 5.82 Å². The van der Waals surface area contributed by atoms with Crippen LogP contribution < -0.4 is 10.1 Å². The number of ether oxygens (including phenoxy) is 1. The number of fused-ring (bicyclic) bond motifs is 1. The van der Waals surface area contributed by atoms with Crippen molar-refractivity contribution in [1.82, 2.24) is 5.32 Å². The fourth-order valence-corrected chi connectivity index (χ4v) is 2.55. The third-order valence-electron chi connectivity index (χ3n) is 3.47. The molecule has 3 rings (SSSR count). The number of halogens is 1. The Hall–Kier alpha value is -2.56. The van der Waals surface area contributed by atoms with Crippen molar-refractivity contribution in [2.45, 2.75) is 12.5 Å². The van der Waals surface area contributed by atoms with Crippen LogP contribution in [0.15, 0.2) is 42.5 Å². The van der Waals surface area contributed by atoms with Crippen LogP contribution in [0.1, 0.15) is 5.56 Å². The number of hydrogen-bond donors (Lipinski definition) is 2. The van der Waals surface area contributed by atoms with E-state index in [4.69, 9.17) is 9.84 Å². The van der Waals surface area contributed by atoms with Crippen LogP contribution in [0.3, 0.4) is 0 Å². The van der Waals surface area contributed by atoms with Crippen LogP contribution >= 0.6 is 0 Å². The van der Waals surface area contributed by atoms with E-state index in [1.54, 1.807) is 18.2 Å². The highest BCUT2D eigenvalue weighted by Gasteiger charge is 2.26. The van der Waals surface area contributed by atoms with Crippen molar-refractivity contribution in [3.8, 4) is 16.9 Å². The summed E-state index contributed by atoms with van der Waals surface area (Å²) >= 11 is 0. The molecule has 0 saturated heterocycles. The number of amides is 1. The van der Waals surface area contributed by atoms with E-state index in [0.717, 1.165) is 5.56 Å². The van der Waals surface area contributed by atoms with E-state index in [2.05, 4.69) is 5.32 Å². The first-order valence-corrected chi connectivity index (χ1v) is 6.65. The molecule has 1 aliphatic rings. The molecule has 21 heavy (non-hydrogen) atoms. The highest BCUT2D eigenvalue weighted by Crippen LogP contribution is 2.39. The lowest BCUT2D eigenvalue weighted by Gasteiger charge is -2.12. The van der Waals surface area contributed by atoms with Gasteiger partial charge in [-0.05, 0) is 11.6 Å². The molecule has 0 bridgehead atoms. The minimum atomic E-state index is -1.08. The van der Waals surface area contributed by atoms with Crippen LogP contribution in [-0.2, 0) is 6.42 Å². The Kier molecular flexibility index (Phi) is 3.48. The SMILES string of the molecule is O=C(O)NCC1Cc2cccc(-c3ccccc3F)c2O1. The molecular weight excluding hydrogens is 273 g/mol. The molecule has 0 spiro atoms. The van der Waals surface area contributed by atoms with E-state index < -0.39 is 6.09 Å². The van der Waals surface area contributed by atoms with Gasteiger partial charge in [0.15, 0.2) is 0 Å². The van der Waals surface area contributed by atoms with Gasteiger partial charge in [-0.1, -0.05) is 36.4 Å². The Morgan fingerprint density at radius 2 is 2.00 bits per heavy atom. The van der Waals surface area contributed by atoms with Crippen LogP contribution in [0.4, 0.5) is 9.18 Å². The minimum Gasteiger partial charge on any atom is -0.487 e. The summed E-state index contributed by atoms with van der Waals surface area (Å²) in [7, 11) is 0. The molecule has 0 radical (unpaired) electrons. The molecule has 0 fully saturated rings. The van der Waals surface area contributed by atoms with E-state index in [1.165, 1.54) is 6.07 Å². The highest BCUT2D eigenvalue weighted by atomic mass is 19.1. The fraction of sp³-hybridized carbons (Fsp3) is 0.188. The average molecular weight is 287 g/mol. The van der Waals surface area contributed by atoms with Gasteiger partial charge in [0.05, 0.1) is 6.54 Å². The minimum absolute atomic E-state index is 0.209. The maximum atomic E-state index is 13.9. The molecule has 5 heteroatoms. The number of hydrogen-bond acceptors (Lipinski definition) is 2. The summed E-state index contributed by atoms with van der Waals surface area (Å²) in [6.07, 6.45) is -0.731. The van der Waals surface area contributed by atoms with Crippen molar-refractivity contribution >= 4 is 6.09 Å². The molecule has 0 saturated carbocycles. The molecule has 108 valence electrons. The van der Waals surface area contributed by atoms with Crippen molar-refractivity contribution in [2.24, 2.45) is 0 Å². The van der Waals surface area contributed by atoms with E-state index in [9.17, 15) is 9.18 Å². The van der Waals surface area contributed by atoms with Crippen molar-refractivity contribution in [2.75, 3.05) is 6.54 Å². The summed E-state index contributed by atoms with van der Waals surface area (Å²) in [5.74, 6) is 0.335. The van der Waals surface area contributed by atoms with E-state index in [0.29, 0.717) is 23.3 Å². The lowest BCUT2D eigenvalue weighted by molar-refractivity contribution is 0.181. The zero-order valence-electron chi connectivity index (χ0n) is 11.2. The molecule has 1 atom stereocenters. The molecule has 1 heterocycles. The molecule has 2 aromatic carbocycles. The number of para-hydroxylation sites is 1. The van der Waals surface area contributed by atoms with Crippen LogP contribution in [-0.4, -0.2) is 23.8 Å². The number of benzene rings is 2. The summed E-state index contributed by atoms with van der Waals surface area (Å²) in [5.41, 5.74) is 2.15. The maximum Gasteiger partial charge on any atom is 0.404 e. The van der Waals surface area contributed by atoms with Crippen molar-refractivity contribution < 1.29 is 19.0 Å². The standard InChI is InChI=1S/C16H14FNO3/c17-14-7-2-1-5-12(14)13-6-3-4-10-8-11(21-15(10)13)9-18-16(19)20/h1-7,11,18H,8-9H2,(H,19,20). The summed E-state index contributed by atoms with van der Waals surface area (Å²) < 4.78 is 19.8. The second-order valence-electron chi connectivity index (χ2n) is 4.90. The Bertz CT molecular complexity index is 687. The quantitative estimate of drug-likeness (QED) is 0.912. The Balaban J connectivity index is 1.90. The highest BCUT2D eigenvalue weighted by molar-refractivity contribution is 5.73. The second kappa shape index (κ2) is 5.44. The molecule has 1 amide bonds. The molecule has 2 aromatic rings. The largest absolute Gasteiger partial charge is 0.487 e. The van der Waals surface area contributed by atoms with Crippen LogP contribution in [0.5, 0.6) is 5.75 Å². The van der Waals surface area contributed by atoms with Gasteiger partial charge in [-0.25, -0.2) is 9.18 Å². The first-order valence-electron chi connectivity index (χ1n) is 6.65. The fourth-order valence-electron chi connectivity index (χ4n) is 2.55. The monoisotopic (exact) mass is 287 g/mol. The van der Waals surface area contributed by atoms with E-state index in [-0.39, 0.29) is 18.5 Å². The molecule has 0 aromatic heterocycles. The third kappa shape index (κ3) is 2.67. The zero-order chi connectivity index (χ0) is 14.8. The second-order valence-corrected chi connectivity index (χ2v) is 4.90. The molecule has 1 unspecified atom stereocenters. The first-order chi connectivity index (χ1) is 10.1. The van der Waals surface area contributed by atoms with Gasteiger partial charge in [-0.3, -0.25) is 0 Å². The Labute approximate surface area is 121 Å². The van der Waals surface area contributed by atoms with Gasteiger partial charge < -0.3 is 15.2 Å². The van der Waals surface area contributed by atoms with E-state index in [1.807, 2.05) is 18.2 Å². The normalized spacial score (nSPS) is 16.1. The van der Waals surface area contributed by atoms with Crippen LogP contribution in [0.2, 0.25) is 0 Å². The van der Waals surface area contributed by atoms with Gasteiger partial charge in [0, 0.05) is 17.5 Å². The number of nitrogens with one attached hydrogen (secondary N) is 1. The lowest BCUT2D eigenvalue weighted by Crippen LogP contribution is -2.33. The third-order valence-corrected chi connectivity index (χ3v) is 3.47. The number of rotatable bonds is 3. The molecule has 2 N–H and O–H groups in total. The summed E-state index contributed by atoms with van der Waals surface area (Å²) in [5, 5.41) is 11.0. The molecule has 0 aliphatic carbocycles. The van der Waals surface area contributed by atoms with Crippen molar-refractivity contribution in [3.63, 3.8) is 0 Å². The van der Waals surface area contributed by atoms with E-state index >= 15 is 0 Å². The lowest BCUT2D eigenvalue weighted by atomic mass is 10.0. The average Bonchev–Trinajstić information content (AvgIpc) is 2.88. The molecular formula is C16H14FNO3. The summed E-state index contributed by atoms with van der Waals surface area (Å²) in [4.78, 5) is 10.5. The van der Waals surface area contributed by atoms with Gasteiger partial charge in [0.2, 0.25) is 0 Å². The van der Waals surface area contributed by atoms with Gasteiger partial charge in [-0.2, -0.15) is 0 Å². The summed E-state index contributed by atoms with van der Waals surface area (Å²) in [6.45, 7) is 0.209. The zero-order valence-corrected chi connectivity index (χ0v) is 11.2. The van der Waals surface area contributed by atoms with Gasteiger partial charge >= 0.3 is 6.09 Å². The smallest absolute Gasteiger partial charge is 0.404 e. The number of carbonyl (C=O) groups is 1. The van der Waals surface area contributed by atoms with Crippen LogP contribution in [0.25, 0.3) is 11.1 Å². The number of carboxylic acid groups (broad SMARTS) is 1. The molecule has 4 nitrogen and oxygen atoms in total. The van der Waals surface area contributed by atoms with Crippen molar-refractivity contribution in [1.29, 1.82) is 0 Å². The summed E-state index contributed by atoms with van der Waals surface area (Å²) in [6, 6.07) is 12.1. The van der Waals surface area contributed by atoms with Gasteiger partial charge in [0.1, 0.15) is 17.7 Å². The maximum absolute atomic E-state index is 13.9. The topological polar surface area (TPSA) is 58.6 Å². The first kappa shape index (κ1) is 13.4. The Morgan fingerprint density at radius 3 is 2.76 bits per heavy atom.